The molecule has 0 saturated carbocycles. The zero-order chi connectivity index (χ0) is 14.6. The Morgan fingerprint density at radius 1 is 1.26 bits per heavy atom. The molecule has 0 heterocycles. The number of carboxylic acids is 1. The number of aryl methyl sites for hydroxylation is 2. The first-order valence-corrected chi connectivity index (χ1v) is 6.72. The van der Waals surface area contributed by atoms with Gasteiger partial charge in [-0.05, 0) is 54.9 Å². The Balaban J connectivity index is 3.19. The largest absolute Gasteiger partial charge is 0.496 e. The molecule has 1 atom stereocenters. The average Bonchev–Trinajstić information content (AvgIpc) is 2.30. The Morgan fingerprint density at radius 3 is 2.32 bits per heavy atom. The summed E-state index contributed by atoms with van der Waals surface area (Å²) in [6.45, 7) is 8.31. The number of hydrogen-bond acceptors (Lipinski definition) is 2. The van der Waals surface area contributed by atoms with E-state index in [1.165, 1.54) is 11.1 Å². The van der Waals surface area contributed by atoms with Gasteiger partial charge in [0.2, 0.25) is 0 Å². The maximum absolute atomic E-state index is 11.1. The fourth-order valence-corrected chi connectivity index (χ4v) is 2.41. The van der Waals surface area contributed by atoms with Gasteiger partial charge in [0.05, 0.1) is 13.5 Å². The predicted molar refractivity (Wildman–Crippen MR) is 76.9 cm³/mol. The molecule has 1 unspecified atom stereocenters. The van der Waals surface area contributed by atoms with Gasteiger partial charge >= 0.3 is 5.97 Å². The summed E-state index contributed by atoms with van der Waals surface area (Å²) in [6, 6.07) is 4.07. The molecule has 0 fully saturated rings. The lowest BCUT2D eigenvalue weighted by Crippen LogP contribution is -2.11. The van der Waals surface area contributed by atoms with Gasteiger partial charge in [-0.25, -0.2) is 0 Å². The van der Waals surface area contributed by atoms with E-state index in [-0.39, 0.29) is 12.3 Å². The Bertz CT molecular complexity index is 450. The van der Waals surface area contributed by atoms with Crippen LogP contribution in [0.2, 0.25) is 0 Å². The van der Waals surface area contributed by atoms with E-state index in [9.17, 15) is 4.79 Å². The van der Waals surface area contributed by atoms with Crippen molar-refractivity contribution < 1.29 is 14.6 Å². The van der Waals surface area contributed by atoms with Crippen molar-refractivity contribution in [3.63, 3.8) is 0 Å². The van der Waals surface area contributed by atoms with Crippen LogP contribution in [0.5, 0.6) is 5.75 Å². The van der Waals surface area contributed by atoms with Gasteiger partial charge in [0, 0.05) is 0 Å². The van der Waals surface area contributed by atoms with Crippen LogP contribution in [0.1, 0.15) is 49.3 Å². The van der Waals surface area contributed by atoms with E-state index in [1.54, 1.807) is 7.11 Å². The lowest BCUT2D eigenvalue weighted by atomic mass is 9.86. The molecule has 106 valence electrons. The van der Waals surface area contributed by atoms with Crippen LogP contribution in [0.15, 0.2) is 12.1 Å². The molecule has 1 aromatic carbocycles. The first-order valence-electron chi connectivity index (χ1n) is 6.72. The van der Waals surface area contributed by atoms with Crippen molar-refractivity contribution in [1.82, 2.24) is 0 Å². The number of methoxy groups -OCH3 is 1. The highest BCUT2D eigenvalue weighted by molar-refractivity contribution is 5.68. The van der Waals surface area contributed by atoms with E-state index in [0.29, 0.717) is 5.92 Å². The molecule has 0 saturated heterocycles. The van der Waals surface area contributed by atoms with Gasteiger partial charge in [-0.15, -0.1) is 0 Å². The lowest BCUT2D eigenvalue weighted by Gasteiger charge is -2.21. The number of rotatable bonds is 6. The summed E-state index contributed by atoms with van der Waals surface area (Å²) >= 11 is 0. The highest BCUT2D eigenvalue weighted by Gasteiger charge is 2.21. The predicted octanol–water partition coefficient (Wildman–Crippen LogP) is 3.92. The maximum Gasteiger partial charge on any atom is 0.303 e. The molecule has 1 aromatic rings. The standard InChI is InChI=1S/C16H24O3/c1-10(2)6-13(9-16(17)18)14-7-11(3)12(4)8-15(14)19-5/h7-8,10,13H,6,9H2,1-5H3,(H,17,18). The summed E-state index contributed by atoms with van der Waals surface area (Å²) in [5, 5.41) is 9.10. The smallest absolute Gasteiger partial charge is 0.303 e. The lowest BCUT2D eigenvalue weighted by molar-refractivity contribution is -0.137. The van der Waals surface area contributed by atoms with Gasteiger partial charge in [-0.3, -0.25) is 4.79 Å². The number of carboxylic acid groups (broad SMARTS) is 1. The zero-order valence-corrected chi connectivity index (χ0v) is 12.5. The molecule has 3 nitrogen and oxygen atoms in total. The van der Waals surface area contributed by atoms with E-state index in [4.69, 9.17) is 9.84 Å². The summed E-state index contributed by atoms with van der Waals surface area (Å²) in [5.74, 6) is 0.503. The second kappa shape index (κ2) is 6.60. The fraction of sp³-hybridized carbons (Fsp3) is 0.562. The second-order valence-corrected chi connectivity index (χ2v) is 5.60. The van der Waals surface area contributed by atoms with E-state index in [2.05, 4.69) is 19.9 Å². The third kappa shape index (κ3) is 4.27. The molecular weight excluding hydrogens is 240 g/mol. The normalized spacial score (nSPS) is 12.5. The van der Waals surface area contributed by atoms with Crippen LogP contribution in [0, 0.1) is 19.8 Å². The molecule has 0 aliphatic carbocycles. The summed E-state index contributed by atoms with van der Waals surface area (Å²) in [7, 11) is 1.64. The van der Waals surface area contributed by atoms with Crippen LogP contribution in [0.25, 0.3) is 0 Å². The first kappa shape index (κ1) is 15.5. The summed E-state index contributed by atoms with van der Waals surface area (Å²) < 4.78 is 5.43. The van der Waals surface area contributed by atoms with Gasteiger partial charge in [0.25, 0.3) is 0 Å². The van der Waals surface area contributed by atoms with Crippen molar-refractivity contribution in [3.8, 4) is 5.75 Å². The molecule has 0 aliphatic rings. The van der Waals surface area contributed by atoms with Gasteiger partial charge in [-0.2, -0.15) is 0 Å². The molecule has 1 N–H and O–H groups in total. The number of hydrogen-bond donors (Lipinski definition) is 1. The number of benzene rings is 1. The van der Waals surface area contributed by atoms with Crippen LogP contribution in [-0.2, 0) is 4.79 Å². The van der Waals surface area contributed by atoms with E-state index in [1.807, 2.05) is 19.9 Å². The monoisotopic (exact) mass is 264 g/mol. The van der Waals surface area contributed by atoms with Crippen LogP contribution < -0.4 is 4.74 Å². The molecule has 3 heteroatoms. The molecule has 0 amide bonds. The summed E-state index contributed by atoms with van der Waals surface area (Å²) in [4.78, 5) is 11.1. The van der Waals surface area contributed by atoms with E-state index < -0.39 is 5.97 Å². The highest BCUT2D eigenvalue weighted by atomic mass is 16.5. The molecular formula is C16H24O3. The average molecular weight is 264 g/mol. The second-order valence-electron chi connectivity index (χ2n) is 5.60. The van der Waals surface area contributed by atoms with Crippen LogP contribution in [0.3, 0.4) is 0 Å². The molecule has 0 bridgehead atoms. The first-order chi connectivity index (χ1) is 8.85. The number of aliphatic carboxylic acids is 1. The molecule has 0 aliphatic heterocycles. The Hall–Kier alpha value is -1.51. The van der Waals surface area contributed by atoms with E-state index in [0.717, 1.165) is 17.7 Å². The zero-order valence-electron chi connectivity index (χ0n) is 12.5. The highest BCUT2D eigenvalue weighted by Crippen LogP contribution is 2.35. The summed E-state index contributed by atoms with van der Waals surface area (Å²) in [5.41, 5.74) is 3.36. The topological polar surface area (TPSA) is 46.5 Å². The molecule has 0 spiro atoms. The van der Waals surface area contributed by atoms with E-state index >= 15 is 0 Å². The molecule has 1 rings (SSSR count). The van der Waals surface area contributed by atoms with Crippen LogP contribution in [0.4, 0.5) is 0 Å². The van der Waals surface area contributed by atoms with Gasteiger partial charge in [0.1, 0.15) is 5.75 Å². The molecule has 19 heavy (non-hydrogen) atoms. The van der Waals surface area contributed by atoms with Gasteiger partial charge in [-0.1, -0.05) is 19.9 Å². The van der Waals surface area contributed by atoms with Crippen molar-refractivity contribution in [3.05, 3.63) is 28.8 Å². The number of ether oxygens (including phenoxy) is 1. The maximum atomic E-state index is 11.1. The Morgan fingerprint density at radius 2 is 1.84 bits per heavy atom. The van der Waals surface area contributed by atoms with Crippen molar-refractivity contribution in [2.45, 2.75) is 46.5 Å². The van der Waals surface area contributed by atoms with Crippen molar-refractivity contribution in [2.24, 2.45) is 5.92 Å². The fourth-order valence-electron chi connectivity index (χ4n) is 2.41. The van der Waals surface area contributed by atoms with Crippen LogP contribution in [-0.4, -0.2) is 18.2 Å². The minimum atomic E-state index is -0.758. The number of carbonyl (C=O) groups is 1. The molecule has 0 radical (unpaired) electrons. The minimum Gasteiger partial charge on any atom is -0.496 e. The van der Waals surface area contributed by atoms with Crippen molar-refractivity contribution in [1.29, 1.82) is 0 Å². The summed E-state index contributed by atoms with van der Waals surface area (Å²) in [6.07, 6.45) is 1.00. The minimum absolute atomic E-state index is 0.00625. The van der Waals surface area contributed by atoms with Gasteiger partial charge < -0.3 is 9.84 Å². The van der Waals surface area contributed by atoms with Crippen molar-refractivity contribution >= 4 is 5.97 Å². The van der Waals surface area contributed by atoms with Crippen molar-refractivity contribution in [2.75, 3.05) is 7.11 Å². The quantitative estimate of drug-likeness (QED) is 0.847. The third-order valence-corrected chi connectivity index (χ3v) is 3.46. The third-order valence-electron chi connectivity index (χ3n) is 3.46. The van der Waals surface area contributed by atoms with Crippen LogP contribution >= 0.6 is 0 Å². The van der Waals surface area contributed by atoms with Gasteiger partial charge in [0.15, 0.2) is 0 Å². The molecule has 0 aromatic heterocycles. The SMILES string of the molecule is COc1cc(C)c(C)cc1C(CC(=O)O)CC(C)C. The Kier molecular flexibility index (Phi) is 5.40. The Labute approximate surface area is 115 Å².